The lowest BCUT2D eigenvalue weighted by Gasteiger charge is -2.27. The zero-order chi connectivity index (χ0) is 30.0. The van der Waals surface area contributed by atoms with Crippen LogP contribution in [0.5, 0.6) is 5.75 Å². The Morgan fingerprint density at radius 3 is 2.67 bits per heavy atom. The second kappa shape index (κ2) is 15.2. The Labute approximate surface area is 250 Å². The van der Waals surface area contributed by atoms with Crippen molar-refractivity contribution in [1.29, 1.82) is 0 Å². The molecule has 0 spiro atoms. The highest BCUT2D eigenvalue weighted by Gasteiger charge is 2.21. The number of unbranched alkanes of at least 4 members (excludes halogenated alkanes) is 1. The molecule has 4 N–H and O–H groups in total. The summed E-state index contributed by atoms with van der Waals surface area (Å²) in [6, 6.07) is 9.54. The Bertz CT molecular complexity index is 1250. The van der Waals surface area contributed by atoms with Gasteiger partial charge in [0.1, 0.15) is 30.3 Å². The van der Waals surface area contributed by atoms with Gasteiger partial charge in [0.25, 0.3) is 0 Å². The maximum absolute atomic E-state index is 10.2. The molecule has 0 aromatic carbocycles. The standard InChI is InChI=1S/C32H47N7O3/c1-23-10-13-26(21-34-23)42-19-18-39(16-6-5-9-25-12-11-24-8-7-15-33-30(24)37-25)17-14-27(31(40)41)38-29-20-28(32(2,3)4)35-22-36-29/h10-13,20-22,27,31,40-41H,5-9,14-19H2,1-4H3,(H,33,37)(H,35,36,38)/t27-/m0/s1. The maximum Gasteiger partial charge on any atom is 0.172 e. The highest BCUT2D eigenvalue weighted by Crippen LogP contribution is 2.22. The van der Waals surface area contributed by atoms with Crippen LogP contribution in [0.4, 0.5) is 11.6 Å². The molecule has 0 fully saturated rings. The summed E-state index contributed by atoms with van der Waals surface area (Å²) in [5, 5.41) is 27.0. The molecule has 0 unspecified atom stereocenters. The first-order valence-electron chi connectivity index (χ1n) is 15.1. The predicted molar refractivity (Wildman–Crippen MR) is 166 cm³/mol. The number of rotatable bonds is 15. The summed E-state index contributed by atoms with van der Waals surface area (Å²) in [6.07, 6.45) is 7.46. The Morgan fingerprint density at radius 2 is 1.90 bits per heavy atom. The van der Waals surface area contributed by atoms with Gasteiger partial charge >= 0.3 is 0 Å². The van der Waals surface area contributed by atoms with E-state index < -0.39 is 12.3 Å². The molecule has 0 amide bonds. The summed E-state index contributed by atoms with van der Waals surface area (Å²) in [7, 11) is 0. The fourth-order valence-corrected chi connectivity index (χ4v) is 4.97. The Kier molecular flexibility index (Phi) is 11.5. The molecular weight excluding hydrogens is 530 g/mol. The van der Waals surface area contributed by atoms with E-state index in [1.165, 1.54) is 11.9 Å². The SMILES string of the molecule is Cc1ccc(OCCN(CCCCc2ccc3c(n2)NCCC3)CC[C@H](Nc2cc(C(C)(C)C)ncn2)C(O)O)cn1. The minimum atomic E-state index is -1.53. The van der Waals surface area contributed by atoms with Gasteiger partial charge in [0.15, 0.2) is 6.29 Å². The number of aliphatic hydroxyl groups is 2. The van der Waals surface area contributed by atoms with Crippen LogP contribution in [-0.4, -0.2) is 80.2 Å². The predicted octanol–water partition coefficient (Wildman–Crippen LogP) is 4.12. The van der Waals surface area contributed by atoms with Gasteiger partial charge in [0, 0.05) is 42.5 Å². The molecule has 0 saturated heterocycles. The molecule has 4 heterocycles. The van der Waals surface area contributed by atoms with Gasteiger partial charge in [-0.2, -0.15) is 0 Å². The molecule has 10 nitrogen and oxygen atoms in total. The first-order chi connectivity index (χ1) is 20.2. The van der Waals surface area contributed by atoms with E-state index in [4.69, 9.17) is 9.72 Å². The van der Waals surface area contributed by atoms with Crippen molar-refractivity contribution in [3.63, 3.8) is 0 Å². The summed E-state index contributed by atoms with van der Waals surface area (Å²) in [5.74, 6) is 2.38. The number of aliphatic hydroxyl groups excluding tert-OH is 1. The minimum Gasteiger partial charge on any atom is -0.491 e. The molecule has 0 saturated carbocycles. The highest BCUT2D eigenvalue weighted by molar-refractivity contribution is 5.47. The summed E-state index contributed by atoms with van der Waals surface area (Å²) in [4.78, 5) is 20.2. The lowest BCUT2D eigenvalue weighted by Crippen LogP contribution is -2.39. The monoisotopic (exact) mass is 577 g/mol. The number of nitrogens with one attached hydrogen (secondary N) is 2. The first kappa shape index (κ1) is 31.6. The van der Waals surface area contributed by atoms with E-state index in [1.54, 1.807) is 6.20 Å². The third kappa shape index (κ3) is 9.89. The van der Waals surface area contributed by atoms with Gasteiger partial charge in [-0.25, -0.2) is 15.0 Å². The second-order valence-corrected chi connectivity index (χ2v) is 12.1. The van der Waals surface area contributed by atoms with Crippen LogP contribution in [-0.2, 0) is 18.3 Å². The van der Waals surface area contributed by atoms with Crippen LogP contribution >= 0.6 is 0 Å². The van der Waals surface area contributed by atoms with E-state index in [0.29, 0.717) is 31.9 Å². The van der Waals surface area contributed by atoms with Gasteiger partial charge in [-0.1, -0.05) is 26.8 Å². The van der Waals surface area contributed by atoms with Gasteiger partial charge in [0.05, 0.1) is 17.9 Å². The van der Waals surface area contributed by atoms with E-state index in [2.05, 4.69) is 63.4 Å². The third-order valence-corrected chi connectivity index (χ3v) is 7.55. The molecule has 10 heteroatoms. The summed E-state index contributed by atoms with van der Waals surface area (Å²) < 4.78 is 5.96. The second-order valence-electron chi connectivity index (χ2n) is 12.1. The van der Waals surface area contributed by atoms with E-state index in [-0.39, 0.29) is 5.41 Å². The molecule has 0 radical (unpaired) electrons. The summed E-state index contributed by atoms with van der Waals surface area (Å²) in [5.41, 5.74) is 4.14. The van der Waals surface area contributed by atoms with Gasteiger partial charge in [-0.05, 0) is 75.8 Å². The molecular formula is C32H47N7O3. The van der Waals surface area contributed by atoms with E-state index in [9.17, 15) is 10.2 Å². The molecule has 0 aliphatic carbocycles. The van der Waals surface area contributed by atoms with Gasteiger partial charge in [-0.3, -0.25) is 9.88 Å². The number of aryl methyl sites for hydroxylation is 3. The number of pyridine rings is 2. The number of anilines is 2. The normalized spacial score (nSPS) is 14.0. The number of hydrogen-bond donors (Lipinski definition) is 4. The van der Waals surface area contributed by atoms with Gasteiger partial charge < -0.3 is 25.6 Å². The molecule has 1 atom stereocenters. The number of ether oxygens (including phenoxy) is 1. The molecule has 42 heavy (non-hydrogen) atoms. The van der Waals surface area contributed by atoms with Crippen molar-refractivity contribution in [3.8, 4) is 5.75 Å². The number of aromatic nitrogens is 4. The van der Waals surface area contributed by atoms with Gasteiger partial charge in [-0.15, -0.1) is 0 Å². The van der Waals surface area contributed by atoms with Crippen LogP contribution in [0.3, 0.4) is 0 Å². The van der Waals surface area contributed by atoms with E-state index >= 15 is 0 Å². The third-order valence-electron chi connectivity index (χ3n) is 7.55. The zero-order valence-electron chi connectivity index (χ0n) is 25.5. The fourth-order valence-electron chi connectivity index (χ4n) is 4.97. The highest BCUT2D eigenvalue weighted by atomic mass is 16.5. The summed E-state index contributed by atoms with van der Waals surface area (Å²) in [6.45, 7) is 12.0. The largest absolute Gasteiger partial charge is 0.491 e. The Morgan fingerprint density at radius 1 is 1.05 bits per heavy atom. The average Bonchev–Trinajstić information content (AvgIpc) is 2.97. The lowest BCUT2D eigenvalue weighted by molar-refractivity contribution is -0.0560. The summed E-state index contributed by atoms with van der Waals surface area (Å²) >= 11 is 0. The fraction of sp³-hybridized carbons (Fsp3) is 0.562. The molecule has 3 aromatic rings. The number of nitrogens with zero attached hydrogens (tertiary/aromatic N) is 5. The van der Waals surface area contributed by atoms with Crippen molar-refractivity contribution in [2.45, 2.75) is 84.0 Å². The maximum atomic E-state index is 10.2. The molecule has 4 rings (SSSR count). The van der Waals surface area contributed by atoms with E-state index in [1.807, 2.05) is 25.1 Å². The quantitative estimate of drug-likeness (QED) is 0.155. The van der Waals surface area contributed by atoms with Crippen LogP contribution < -0.4 is 15.4 Å². The van der Waals surface area contributed by atoms with Crippen LogP contribution in [0.2, 0.25) is 0 Å². The van der Waals surface area contributed by atoms with Crippen molar-refractivity contribution >= 4 is 11.6 Å². The minimum absolute atomic E-state index is 0.137. The molecule has 3 aromatic heterocycles. The smallest absolute Gasteiger partial charge is 0.172 e. The Balaban J connectivity index is 1.32. The van der Waals surface area contributed by atoms with Crippen LogP contribution in [0.1, 0.15) is 69.1 Å². The molecule has 228 valence electrons. The van der Waals surface area contributed by atoms with Crippen molar-refractivity contribution in [3.05, 3.63) is 65.5 Å². The average molecular weight is 578 g/mol. The lowest BCUT2D eigenvalue weighted by atomic mass is 9.92. The topological polar surface area (TPSA) is 129 Å². The van der Waals surface area contributed by atoms with Crippen LogP contribution in [0.15, 0.2) is 42.9 Å². The van der Waals surface area contributed by atoms with Crippen LogP contribution in [0, 0.1) is 6.92 Å². The molecule has 0 bridgehead atoms. The number of fused-ring (bicyclic) bond motifs is 1. The van der Waals surface area contributed by atoms with Crippen molar-refractivity contribution in [1.82, 2.24) is 24.8 Å². The van der Waals surface area contributed by atoms with Crippen molar-refractivity contribution < 1.29 is 14.9 Å². The van der Waals surface area contributed by atoms with E-state index in [0.717, 1.165) is 73.8 Å². The Hall–Kier alpha value is -3.34. The van der Waals surface area contributed by atoms with Crippen LogP contribution in [0.25, 0.3) is 0 Å². The van der Waals surface area contributed by atoms with Crippen molar-refractivity contribution in [2.75, 3.05) is 43.4 Å². The van der Waals surface area contributed by atoms with Crippen molar-refractivity contribution in [2.24, 2.45) is 0 Å². The van der Waals surface area contributed by atoms with Gasteiger partial charge in [0.2, 0.25) is 0 Å². The molecule has 1 aliphatic heterocycles. The first-order valence-corrected chi connectivity index (χ1v) is 15.1. The molecule has 1 aliphatic rings. The zero-order valence-corrected chi connectivity index (χ0v) is 25.5. The number of hydrogen-bond acceptors (Lipinski definition) is 10.